The summed E-state index contributed by atoms with van der Waals surface area (Å²) < 4.78 is 5.20. The molecule has 0 spiro atoms. The van der Waals surface area contributed by atoms with Crippen LogP contribution in [0.2, 0.25) is 0 Å². The molecule has 1 rings (SSSR count). The molecule has 0 bridgehead atoms. The van der Waals surface area contributed by atoms with Crippen LogP contribution in [0.5, 0.6) is 0 Å². The molecule has 1 heterocycles. The Morgan fingerprint density at radius 1 is 1.73 bits per heavy atom. The lowest BCUT2D eigenvalue weighted by Crippen LogP contribution is -1.78. The van der Waals surface area contributed by atoms with Crippen LogP contribution >= 0.6 is 12.6 Å². The third-order valence-electron chi connectivity index (χ3n) is 1.24. The maximum atomic E-state index is 8.16. The van der Waals surface area contributed by atoms with Crippen LogP contribution in [0.3, 0.4) is 0 Å². The van der Waals surface area contributed by atoms with E-state index in [1.54, 1.807) is 12.1 Å². The number of oxime groups is 1. The van der Waals surface area contributed by atoms with E-state index in [0.717, 1.165) is 5.76 Å². The molecule has 0 radical (unpaired) electrons. The van der Waals surface area contributed by atoms with Gasteiger partial charge in [-0.25, -0.2) is 0 Å². The topological polar surface area (TPSA) is 45.7 Å². The maximum Gasteiger partial charge on any atom is 0.148 e. The van der Waals surface area contributed by atoms with E-state index in [4.69, 9.17) is 9.62 Å². The van der Waals surface area contributed by atoms with Crippen LogP contribution in [0.1, 0.15) is 23.7 Å². The molecule has 11 heavy (non-hydrogen) atoms. The number of hydrogen-bond acceptors (Lipinski definition) is 4. The Balaban J connectivity index is 2.81. The molecule has 1 aromatic rings. The van der Waals surface area contributed by atoms with E-state index < -0.39 is 0 Å². The van der Waals surface area contributed by atoms with Crippen LogP contribution in [-0.4, -0.2) is 11.4 Å². The van der Waals surface area contributed by atoms with E-state index in [0.29, 0.717) is 5.76 Å². The van der Waals surface area contributed by atoms with Gasteiger partial charge in [0.2, 0.25) is 0 Å². The number of furan rings is 1. The van der Waals surface area contributed by atoms with Crippen LogP contribution < -0.4 is 0 Å². The third kappa shape index (κ3) is 2.01. The Morgan fingerprint density at radius 3 is 2.91 bits per heavy atom. The molecule has 1 aromatic heterocycles. The molecular formula is C7H9NO2S. The summed E-state index contributed by atoms with van der Waals surface area (Å²) in [5, 5.41) is 11.1. The summed E-state index contributed by atoms with van der Waals surface area (Å²) in [7, 11) is 0. The Kier molecular flexibility index (Phi) is 2.59. The smallest absolute Gasteiger partial charge is 0.148 e. The van der Waals surface area contributed by atoms with E-state index in [-0.39, 0.29) is 5.25 Å². The molecule has 1 unspecified atom stereocenters. The van der Waals surface area contributed by atoms with Crippen LogP contribution in [0, 0.1) is 0 Å². The van der Waals surface area contributed by atoms with E-state index >= 15 is 0 Å². The normalized spacial score (nSPS) is 14.0. The Morgan fingerprint density at radius 2 is 2.45 bits per heavy atom. The van der Waals surface area contributed by atoms with Crippen LogP contribution in [0.25, 0.3) is 0 Å². The molecule has 0 aliphatic heterocycles. The SMILES string of the molecule is CC(S)c1ccc(/C=N/O)o1. The summed E-state index contributed by atoms with van der Waals surface area (Å²) >= 11 is 4.17. The lowest BCUT2D eigenvalue weighted by Gasteiger charge is -1.95. The molecule has 0 aliphatic rings. The predicted octanol–water partition coefficient (Wildman–Crippen LogP) is 2.08. The highest BCUT2D eigenvalue weighted by molar-refractivity contribution is 7.80. The molecule has 0 saturated carbocycles. The molecular weight excluding hydrogens is 162 g/mol. The van der Waals surface area contributed by atoms with Crippen molar-refractivity contribution in [2.24, 2.45) is 5.16 Å². The highest BCUT2D eigenvalue weighted by Gasteiger charge is 2.04. The summed E-state index contributed by atoms with van der Waals surface area (Å²) in [4.78, 5) is 0. The van der Waals surface area contributed by atoms with E-state index in [9.17, 15) is 0 Å². The molecule has 1 N–H and O–H groups in total. The first-order valence-electron chi connectivity index (χ1n) is 3.19. The van der Waals surface area contributed by atoms with Crippen LogP contribution in [0.15, 0.2) is 21.7 Å². The zero-order valence-electron chi connectivity index (χ0n) is 6.06. The van der Waals surface area contributed by atoms with E-state index in [2.05, 4.69) is 17.8 Å². The van der Waals surface area contributed by atoms with Crippen molar-refractivity contribution in [3.63, 3.8) is 0 Å². The number of nitrogens with zero attached hydrogens (tertiary/aromatic N) is 1. The van der Waals surface area contributed by atoms with Crippen molar-refractivity contribution in [1.82, 2.24) is 0 Å². The van der Waals surface area contributed by atoms with Crippen LogP contribution in [0.4, 0.5) is 0 Å². The minimum absolute atomic E-state index is 0.0656. The molecule has 0 fully saturated rings. The van der Waals surface area contributed by atoms with Crippen molar-refractivity contribution in [2.75, 3.05) is 0 Å². The standard InChI is InChI=1S/C7H9NO2S/c1-5(11)7-3-2-6(10-7)4-8-9/h2-5,9,11H,1H3/b8-4+. The van der Waals surface area contributed by atoms with Gasteiger partial charge in [-0.3, -0.25) is 0 Å². The fraction of sp³-hybridized carbons (Fsp3) is 0.286. The van der Waals surface area contributed by atoms with Gasteiger partial charge in [0.1, 0.15) is 17.7 Å². The fourth-order valence-corrected chi connectivity index (χ4v) is 0.858. The largest absolute Gasteiger partial charge is 0.459 e. The van der Waals surface area contributed by atoms with Gasteiger partial charge in [0.15, 0.2) is 0 Å². The first-order valence-corrected chi connectivity index (χ1v) is 3.71. The summed E-state index contributed by atoms with van der Waals surface area (Å²) in [6, 6.07) is 3.52. The second kappa shape index (κ2) is 3.48. The first-order chi connectivity index (χ1) is 5.24. The average molecular weight is 171 g/mol. The summed E-state index contributed by atoms with van der Waals surface area (Å²) in [6.45, 7) is 1.90. The maximum absolute atomic E-state index is 8.16. The lowest BCUT2D eigenvalue weighted by atomic mass is 10.3. The van der Waals surface area contributed by atoms with Gasteiger partial charge >= 0.3 is 0 Å². The van der Waals surface area contributed by atoms with Gasteiger partial charge < -0.3 is 9.62 Å². The Hall–Kier alpha value is -0.900. The molecule has 60 valence electrons. The Bertz CT molecular complexity index is 255. The van der Waals surface area contributed by atoms with Crippen molar-refractivity contribution >= 4 is 18.8 Å². The first kappa shape index (κ1) is 8.20. The summed E-state index contributed by atoms with van der Waals surface area (Å²) in [5.74, 6) is 1.30. The highest BCUT2D eigenvalue weighted by atomic mass is 32.1. The van der Waals surface area contributed by atoms with Gasteiger partial charge in [-0.1, -0.05) is 5.16 Å². The quantitative estimate of drug-likeness (QED) is 0.310. The molecule has 0 amide bonds. The monoisotopic (exact) mass is 171 g/mol. The molecule has 0 aliphatic carbocycles. The van der Waals surface area contributed by atoms with Gasteiger partial charge in [-0.15, -0.1) is 0 Å². The fourth-order valence-electron chi connectivity index (χ4n) is 0.719. The number of hydrogen-bond donors (Lipinski definition) is 2. The number of thiol groups is 1. The molecule has 0 saturated heterocycles. The Labute approximate surface area is 70.1 Å². The molecule has 4 heteroatoms. The zero-order chi connectivity index (χ0) is 8.27. The van der Waals surface area contributed by atoms with Gasteiger partial charge in [-0.2, -0.15) is 12.6 Å². The number of rotatable bonds is 2. The third-order valence-corrected chi connectivity index (χ3v) is 1.50. The van der Waals surface area contributed by atoms with Crippen LogP contribution in [-0.2, 0) is 0 Å². The second-order valence-electron chi connectivity index (χ2n) is 2.16. The van der Waals surface area contributed by atoms with E-state index in [1.165, 1.54) is 6.21 Å². The predicted molar refractivity (Wildman–Crippen MR) is 45.5 cm³/mol. The van der Waals surface area contributed by atoms with Gasteiger partial charge in [0, 0.05) is 0 Å². The zero-order valence-corrected chi connectivity index (χ0v) is 6.95. The second-order valence-corrected chi connectivity index (χ2v) is 2.94. The van der Waals surface area contributed by atoms with Crippen molar-refractivity contribution < 1.29 is 9.62 Å². The summed E-state index contributed by atoms with van der Waals surface area (Å²) in [6.07, 6.45) is 1.24. The molecule has 0 aromatic carbocycles. The minimum atomic E-state index is 0.0656. The van der Waals surface area contributed by atoms with Crippen molar-refractivity contribution in [2.45, 2.75) is 12.2 Å². The van der Waals surface area contributed by atoms with Gasteiger partial charge in [0.05, 0.1) is 5.25 Å². The van der Waals surface area contributed by atoms with Crippen molar-refractivity contribution in [3.8, 4) is 0 Å². The minimum Gasteiger partial charge on any atom is -0.459 e. The molecule has 1 atom stereocenters. The average Bonchev–Trinajstić information content (AvgIpc) is 2.37. The van der Waals surface area contributed by atoms with Gasteiger partial charge in [-0.05, 0) is 19.1 Å². The highest BCUT2D eigenvalue weighted by Crippen LogP contribution is 2.20. The van der Waals surface area contributed by atoms with Gasteiger partial charge in [0.25, 0.3) is 0 Å². The van der Waals surface area contributed by atoms with Crippen molar-refractivity contribution in [1.29, 1.82) is 0 Å². The van der Waals surface area contributed by atoms with E-state index in [1.807, 2.05) is 6.92 Å². The summed E-state index contributed by atoms with van der Waals surface area (Å²) in [5.41, 5.74) is 0. The lowest BCUT2D eigenvalue weighted by molar-refractivity contribution is 0.320. The van der Waals surface area contributed by atoms with Crippen molar-refractivity contribution in [3.05, 3.63) is 23.7 Å². The molecule has 3 nitrogen and oxygen atoms in total.